The van der Waals surface area contributed by atoms with Crippen molar-refractivity contribution in [3.05, 3.63) is 24.3 Å². The van der Waals surface area contributed by atoms with Gasteiger partial charge in [-0.2, -0.15) is 4.31 Å². The van der Waals surface area contributed by atoms with Crippen molar-refractivity contribution in [1.29, 1.82) is 0 Å². The van der Waals surface area contributed by atoms with E-state index in [1.54, 1.807) is 28.6 Å². The molecule has 1 aliphatic heterocycles. The molecule has 1 aromatic carbocycles. The molecule has 2 aliphatic rings. The number of benzene rings is 1. The molecule has 1 saturated carbocycles. The second-order valence-electron chi connectivity index (χ2n) is 6.25. The van der Waals surface area contributed by atoms with Gasteiger partial charge < -0.3 is 5.43 Å². The highest BCUT2D eigenvalue weighted by Gasteiger charge is 2.40. The SMILES string of the molecule is NNc1ccccc1S(=O)(=O)N1CCC2(CCCC2)CC1. The molecule has 0 bridgehead atoms. The smallest absolute Gasteiger partial charge is 0.245 e. The minimum Gasteiger partial charge on any atom is -0.323 e. The highest BCUT2D eigenvalue weighted by Crippen LogP contribution is 2.46. The van der Waals surface area contributed by atoms with E-state index in [1.807, 2.05) is 0 Å². The molecule has 5 nitrogen and oxygen atoms in total. The highest BCUT2D eigenvalue weighted by molar-refractivity contribution is 7.89. The second-order valence-corrected chi connectivity index (χ2v) is 8.16. The Bertz CT molecular complexity index is 599. The Morgan fingerprint density at radius 2 is 1.67 bits per heavy atom. The maximum Gasteiger partial charge on any atom is 0.245 e. The Kier molecular flexibility index (Phi) is 3.94. The van der Waals surface area contributed by atoms with Gasteiger partial charge in [0, 0.05) is 13.1 Å². The van der Waals surface area contributed by atoms with Gasteiger partial charge in [0.2, 0.25) is 10.0 Å². The lowest BCUT2D eigenvalue weighted by molar-refractivity contribution is 0.160. The summed E-state index contributed by atoms with van der Waals surface area (Å²) in [5.74, 6) is 5.44. The number of nitrogens with one attached hydrogen (secondary N) is 1. The fraction of sp³-hybridized carbons (Fsp3) is 0.600. The normalized spacial score (nSPS) is 22.5. The van der Waals surface area contributed by atoms with Gasteiger partial charge in [0.1, 0.15) is 4.90 Å². The zero-order valence-electron chi connectivity index (χ0n) is 12.2. The van der Waals surface area contributed by atoms with Crippen LogP contribution in [0.1, 0.15) is 38.5 Å². The van der Waals surface area contributed by atoms with E-state index in [0.717, 1.165) is 12.8 Å². The highest BCUT2D eigenvalue weighted by atomic mass is 32.2. The van der Waals surface area contributed by atoms with Gasteiger partial charge in [-0.25, -0.2) is 8.42 Å². The molecule has 1 aliphatic carbocycles. The van der Waals surface area contributed by atoms with Crippen molar-refractivity contribution in [1.82, 2.24) is 4.31 Å². The molecular weight excluding hydrogens is 286 g/mol. The fourth-order valence-corrected chi connectivity index (χ4v) is 5.37. The predicted octanol–water partition coefficient (Wildman–Crippen LogP) is 2.32. The number of hydrazine groups is 1. The van der Waals surface area contributed by atoms with E-state index in [1.165, 1.54) is 25.7 Å². The number of nitrogen functional groups attached to an aromatic ring is 1. The van der Waals surface area contributed by atoms with Crippen LogP contribution in [0, 0.1) is 5.41 Å². The molecule has 3 rings (SSSR count). The van der Waals surface area contributed by atoms with Crippen molar-refractivity contribution in [2.24, 2.45) is 11.3 Å². The molecule has 0 unspecified atom stereocenters. The fourth-order valence-electron chi connectivity index (χ4n) is 3.78. The van der Waals surface area contributed by atoms with Crippen molar-refractivity contribution in [3.63, 3.8) is 0 Å². The van der Waals surface area contributed by atoms with Gasteiger partial charge in [-0.3, -0.25) is 5.84 Å². The number of rotatable bonds is 3. The number of hydrogen-bond acceptors (Lipinski definition) is 4. The number of anilines is 1. The summed E-state index contributed by atoms with van der Waals surface area (Å²) in [6, 6.07) is 6.81. The van der Waals surface area contributed by atoms with E-state index in [9.17, 15) is 8.42 Å². The third-order valence-corrected chi connectivity index (χ3v) is 7.06. The van der Waals surface area contributed by atoms with E-state index < -0.39 is 10.0 Å². The van der Waals surface area contributed by atoms with Gasteiger partial charge in [0.15, 0.2) is 0 Å². The Morgan fingerprint density at radius 3 is 2.29 bits per heavy atom. The van der Waals surface area contributed by atoms with Gasteiger partial charge in [-0.1, -0.05) is 25.0 Å². The number of piperidine rings is 1. The summed E-state index contributed by atoms with van der Waals surface area (Å²) in [6.45, 7) is 1.25. The minimum atomic E-state index is -3.46. The van der Waals surface area contributed by atoms with Gasteiger partial charge >= 0.3 is 0 Å². The van der Waals surface area contributed by atoms with Crippen LogP contribution in [0.15, 0.2) is 29.2 Å². The third-order valence-electron chi connectivity index (χ3n) is 5.11. The first kappa shape index (κ1) is 14.8. The van der Waals surface area contributed by atoms with Crippen molar-refractivity contribution in [3.8, 4) is 0 Å². The van der Waals surface area contributed by atoms with E-state index in [0.29, 0.717) is 24.2 Å². The lowest BCUT2D eigenvalue weighted by atomic mass is 9.78. The topological polar surface area (TPSA) is 75.4 Å². The molecule has 116 valence electrons. The zero-order valence-corrected chi connectivity index (χ0v) is 13.0. The molecule has 21 heavy (non-hydrogen) atoms. The summed E-state index contributed by atoms with van der Waals surface area (Å²) < 4.78 is 27.2. The quantitative estimate of drug-likeness (QED) is 0.663. The molecule has 6 heteroatoms. The van der Waals surface area contributed by atoms with Crippen LogP contribution in [0.2, 0.25) is 0 Å². The maximum absolute atomic E-state index is 12.8. The monoisotopic (exact) mass is 309 g/mol. The predicted molar refractivity (Wildman–Crippen MR) is 83.1 cm³/mol. The Hall–Kier alpha value is -1.11. The first-order chi connectivity index (χ1) is 10.1. The van der Waals surface area contributed by atoms with Gasteiger partial charge in [-0.15, -0.1) is 0 Å². The summed E-state index contributed by atoms with van der Waals surface area (Å²) in [4.78, 5) is 0.273. The summed E-state index contributed by atoms with van der Waals surface area (Å²) >= 11 is 0. The van der Waals surface area contributed by atoms with E-state index in [-0.39, 0.29) is 4.90 Å². The number of nitrogens with two attached hydrogens (primary N) is 1. The number of hydrogen-bond donors (Lipinski definition) is 2. The summed E-state index contributed by atoms with van der Waals surface area (Å²) in [5, 5.41) is 0. The number of para-hydroxylation sites is 1. The van der Waals surface area contributed by atoms with Gasteiger partial charge in [0.05, 0.1) is 5.69 Å². The standard InChI is InChI=1S/C15H23N3O2S/c16-17-13-5-1-2-6-14(13)21(19,20)18-11-9-15(10-12-18)7-3-4-8-15/h1-2,5-6,17H,3-4,7-12,16H2. The van der Waals surface area contributed by atoms with Crippen LogP contribution in [0.3, 0.4) is 0 Å². The molecule has 0 radical (unpaired) electrons. The second kappa shape index (κ2) is 5.59. The lowest BCUT2D eigenvalue weighted by Gasteiger charge is -2.38. The van der Waals surface area contributed by atoms with E-state index >= 15 is 0 Å². The summed E-state index contributed by atoms with van der Waals surface area (Å²) in [6.07, 6.45) is 7.11. The molecule has 0 atom stereocenters. The number of sulfonamides is 1. The van der Waals surface area contributed by atoms with E-state index in [2.05, 4.69) is 5.43 Å². The molecule has 0 amide bonds. The average Bonchev–Trinajstić information content (AvgIpc) is 2.96. The molecule has 1 saturated heterocycles. The Labute approximate surface area is 126 Å². The first-order valence-electron chi connectivity index (χ1n) is 7.63. The zero-order chi connectivity index (χ0) is 14.9. The van der Waals surface area contributed by atoms with Crippen LogP contribution in [0.25, 0.3) is 0 Å². The van der Waals surface area contributed by atoms with Crippen molar-refractivity contribution < 1.29 is 8.42 Å². The lowest BCUT2D eigenvalue weighted by Crippen LogP contribution is -2.42. The molecule has 1 heterocycles. The Balaban J connectivity index is 1.80. The summed E-state index contributed by atoms with van der Waals surface area (Å²) in [5.41, 5.74) is 3.35. The molecule has 0 aromatic heterocycles. The van der Waals surface area contributed by atoms with Gasteiger partial charge in [-0.05, 0) is 43.2 Å². The maximum atomic E-state index is 12.8. The third kappa shape index (κ3) is 2.67. The first-order valence-corrected chi connectivity index (χ1v) is 9.07. The van der Waals surface area contributed by atoms with Crippen LogP contribution in [-0.2, 0) is 10.0 Å². The largest absolute Gasteiger partial charge is 0.323 e. The molecule has 3 N–H and O–H groups in total. The van der Waals surface area contributed by atoms with Crippen molar-refractivity contribution in [2.75, 3.05) is 18.5 Å². The molecule has 1 aromatic rings. The van der Waals surface area contributed by atoms with Gasteiger partial charge in [0.25, 0.3) is 0 Å². The average molecular weight is 309 g/mol. The van der Waals surface area contributed by atoms with Crippen LogP contribution < -0.4 is 11.3 Å². The molecular formula is C15H23N3O2S. The summed E-state index contributed by atoms with van der Waals surface area (Å²) in [7, 11) is -3.46. The van der Waals surface area contributed by atoms with Crippen LogP contribution in [-0.4, -0.2) is 25.8 Å². The van der Waals surface area contributed by atoms with Crippen LogP contribution in [0.4, 0.5) is 5.69 Å². The molecule has 1 spiro atoms. The van der Waals surface area contributed by atoms with Crippen molar-refractivity contribution >= 4 is 15.7 Å². The Morgan fingerprint density at radius 1 is 1.05 bits per heavy atom. The van der Waals surface area contributed by atoms with Crippen LogP contribution in [0.5, 0.6) is 0 Å². The minimum absolute atomic E-state index is 0.273. The molecule has 2 fully saturated rings. The van der Waals surface area contributed by atoms with E-state index in [4.69, 9.17) is 5.84 Å². The van der Waals surface area contributed by atoms with Crippen molar-refractivity contribution in [2.45, 2.75) is 43.4 Å². The number of nitrogens with zero attached hydrogens (tertiary/aromatic N) is 1. The van der Waals surface area contributed by atoms with Crippen LogP contribution >= 0.6 is 0 Å².